The molecule has 0 atom stereocenters. The lowest BCUT2D eigenvalue weighted by Gasteiger charge is -2.35. The van der Waals surface area contributed by atoms with Crippen LogP contribution in [0.1, 0.15) is 38.7 Å². The summed E-state index contributed by atoms with van der Waals surface area (Å²) >= 11 is 0. The van der Waals surface area contributed by atoms with E-state index in [1.54, 1.807) is 12.1 Å². The number of benzene rings is 1. The lowest BCUT2D eigenvalue weighted by Crippen LogP contribution is -2.50. The summed E-state index contributed by atoms with van der Waals surface area (Å²) in [5.74, 6) is -0.155. The van der Waals surface area contributed by atoms with Gasteiger partial charge in [-0.1, -0.05) is 26.0 Å². The van der Waals surface area contributed by atoms with E-state index in [-0.39, 0.29) is 11.4 Å². The van der Waals surface area contributed by atoms with Crippen LogP contribution in [0.5, 0.6) is 0 Å². The third-order valence-electron chi connectivity index (χ3n) is 4.35. The van der Waals surface area contributed by atoms with Gasteiger partial charge in [0.05, 0.1) is 0 Å². The molecule has 1 aromatic rings. The van der Waals surface area contributed by atoms with Crippen molar-refractivity contribution in [1.82, 2.24) is 10.2 Å². The molecule has 19 heavy (non-hydrogen) atoms. The van der Waals surface area contributed by atoms with E-state index < -0.39 is 0 Å². The first kappa shape index (κ1) is 14.5. The van der Waals surface area contributed by atoms with E-state index in [0.29, 0.717) is 0 Å². The van der Waals surface area contributed by atoms with E-state index >= 15 is 0 Å². The van der Waals surface area contributed by atoms with Crippen molar-refractivity contribution < 1.29 is 4.39 Å². The minimum Gasteiger partial charge on any atom is -0.310 e. The quantitative estimate of drug-likeness (QED) is 0.898. The van der Waals surface area contributed by atoms with Crippen molar-refractivity contribution in [1.29, 1.82) is 0 Å². The Labute approximate surface area is 116 Å². The molecule has 2 nitrogen and oxygen atoms in total. The predicted molar refractivity (Wildman–Crippen MR) is 77.6 cm³/mol. The Morgan fingerprint density at radius 1 is 1.21 bits per heavy atom. The number of rotatable bonds is 4. The lowest BCUT2D eigenvalue weighted by molar-refractivity contribution is 0.191. The summed E-state index contributed by atoms with van der Waals surface area (Å²) in [5, 5.41) is 3.72. The molecule has 0 radical (unpaired) electrons. The highest BCUT2D eigenvalue weighted by Crippen LogP contribution is 2.21. The summed E-state index contributed by atoms with van der Waals surface area (Å²) < 4.78 is 12.9. The second-order valence-corrected chi connectivity index (χ2v) is 5.60. The summed E-state index contributed by atoms with van der Waals surface area (Å²) in [6.07, 6.45) is 3.50. The topological polar surface area (TPSA) is 15.3 Å². The van der Waals surface area contributed by atoms with Gasteiger partial charge in [0, 0.05) is 18.6 Å². The van der Waals surface area contributed by atoms with Gasteiger partial charge in [0.2, 0.25) is 0 Å². The molecule has 3 heteroatoms. The van der Waals surface area contributed by atoms with Crippen LogP contribution in [0.3, 0.4) is 0 Å². The number of hydrogen-bond acceptors (Lipinski definition) is 2. The number of halogens is 1. The first-order valence-electron chi connectivity index (χ1n) is 7.39. The van der Waals surface area contributed by atoms with Crippen LogP contribution in [-0.4, -0.2) is 30.1 Å². The van der Waals surface area contributed by atoms with Crippen LogP contribution in [0, 0.1) is 5.82 Å². The van der Waals surface area contributed by atoms with Crippen LogP contribution < -0.4 is 5.32 Å². The molecule has 2 rings (SSSR count). The molecule has 1 N–H and O–H groups in total. The average Bonchev–Trinajstić information content (AvgIpc) is 2.64. The minimum atomic E-state index is -0.155. The lowest BCUT2D eigenvalue weighted by atomic mass is 9.92. The van der Waals surface area contributed by atoms with Crippen molar-refractivity contribution in [2.45, 2.75) is 45.2 Å². The fourth-order valence-corrected chi connectivity index (χ4v) is 2.93. The highest BCUT2D eigenvalue weighted by atomic mass is 19.1. The Morgan fingerprint density at radius 2 is 1.89 bits per heavy atom. The Kier molecular flexibility index (Phi) is 4.94. The van der Waals surface area contributed by atoms with Crippen molar-refractivity contribution in [2.24, 2.45) is 0 Å². The molecule has 0 unspecified atom stereocenters. The van der Waals surface area contributed by atoms with Crippen LogP contribution in [-0.2, 0) is 6.54 Å². The van der Waals surface area contributed by atoms with Crippen molar-refractivity contribution in [2.75, 3.05) is 19.6 Å². The monoisotopic (exact) mass is 264 g/mol. The summed E-state index contributed by atoms with van der Waals surface area (Å²) in [5.41, 5.74) is 1.45. The first-order valence-corrected chi connectivity index (χ1v) is 7.39. The van der Waals surface area contributed by atoms with Crippen molar-refractivity contribution in [3.8, 4) is 0 Å². The van der Waals surface area contributed by atoms with E-state index in [1.807, 2.05) is 12.1 Å². The van der Waals surface area contributed by atoms with E-state index in [2.05, 4.69) is 24.1 Å². The van der Waals surface area contributed by atoms with Crippen molar-refractivity contribution in [3.63, 3.8) is 0 Å². The van der Waals surface area contributed by atoms with Crippen LogP contribution in [0.25, 0.3) is 0 Å². The second-order valence-electron chi connectivity index (χ2n) is 5.60. The maximum atomic E-state index is 12.9. The fourth-order valence-electron chi connectivity index (χ4n) is 2.93. The van der Waals surface area contributed by atoms with Crippen LogP contribution >= 0.6 is 0 Å². The molecule has 1 saturated heterocycles. The molecule has 0 spiro atoms. The maximum Gasteiger partial charge on any atom is 0.123 e. The van der Waals surface area contributed by atoms with Crippen molar-refractivity contribution in [3.05, 3.63) is 35.6 Å². The third kappa shape index (κ3) is 3.77. The summed E-state index contributed by atoms with van der Waals surface area (Å²) in [4.78, 5) is 2.50. The molecule has 0 aliphatic carbocycles. The smallest absolute Gasteiger partial charge is 0.123 e. The maximum absolute atomic E-state index is 12.9. The molecule has 1 fully saturated rings. The molecule has 0 amide bonds. The summed E-state index contributed by atoms with van der Waals surface area (Å²) in [6, 6.07) is 6.90. The number of hydrogen-bond donors (Lipinski definition) is 1. The average molecular weight is 264 g/mol. The molecule has 0 saturated carbocycles. The van der Waals surface area contributed by atoms with E-state index in [9.17, 15) is 4.39 Å². The highest BCUT2D eigenvalue weighted by molar-refractivity contribution is 5.16. The zero-order chi connectivity index (χ0) is 13.7. The van der Waals surface area contributed by atoms with Gasteiger partial charge in [0.15, 0.2) is 0 Å². The molecule has 0 aromatic heterocycles. The zero-order valence-electron chi connectivity index (χ0n) is 12.1. The number of nitrogens with zero attached hydrogens (tertiary/aromatic N) is 1. The SMILES string of the molecule is CCC1(CC)CN(Cc2ccc(F)cc2)CCCN1. The minimum absolute atomic E-state index is 0.155. The van der Waals surface area contributed by atoms with Gasteiger partial charge >= 0.3 is 0 Å². The van der Waals surface area contributed by atoms with Crippen LogP contribution in [0.4, 0.5) is 4.39 Å². The molecule has 1 aliphatic rings. The van der Waals surface area contributed by atoms with Gasteiger partial charge in [0.25, 0.3) is 0 Å². The molecular weight excluding hydrogens is 239 g/mol. The van der Waals surface area contributed by atoms with Gasteiger partial charge in [-0.15, -0.1) is 0 Å². The van der Waals surface area contributed by atoms with Gasteiger partial charge < -0.3 is 5.32 Å². The molecule has 1 heterocycles. The second kappa shape index (κ2) is 6.49. The molecule has 1 aliphatic heterocycles. The predicted octanol–water partition coefficient (Wildman–Crippen LogP) is 3.18. The van der Waals surface area contributed by atoms with Gasteiger partial charge in [-0.3, -0.25) is 4.90 Å². The van der Waals surface area contributed by atoms with Gasteiger partial charge in [-0.05, 0) is 50.0 Å². The molecular formula is C16H25FN2. The van der Waals surface area contributed by atoms with Gasteiger partial charge in [0.1, 0.15) is 5.82 Å². The number of nitrogens with one attached hydrogen (secondary N) is 1. The zero-order valence-corrected chi connectivity index (χ0v) is 12.1. The standard InChI is InChI=1S/C16H25FN2/c1-3-16(4-2)13-19(11-5-10-18-16)12-14-6-8-15(17)9-7-14/h6-9,18H,3-5,10-13H2,1-2H3. The molecule has 0 bridgehead atoms. The normalized spacial score (nSPS) is 20.2. The largest absolute Gasteiger partial charge is 0.310 e. The Balaban J connectivity index is 2.04. The van der Waals surface area contributed by atoms with Crippen LogP contribution in [0.2, 0.25) is 0 Å². The Morgan fingerprint density at radius 3 is 2.53 bits per heavy atom. The molecule has 1 aromatic carbocycles. The van der Waals surface area contributed by atoms with Gasteiger partial charge in [-0.25, -0.2) is 4.39 Å². The Bertz CT molecular complexity index is 384. The Hall–Kier alpha value is -0.930. The molecule has 106 valence electrons. The fraction of sp³-hybridized carbons (Fsp3) is 0.625. The summed E-state index contributed by atoms with van der Waals surface area (Å²) in [7, 11) is 0. The van der Waals surface area contributed by atoms with Crippen LogP contribution in [0.15, 0.2) is 24.3 Å². The van der Waals surface area contributed by atoms with E-state index in [1.165, 1.54) is 12.0 Å². The van der Waals surface area contributed by atoms with Gasteiger partial charge in [-0.2, -0.15) is 0 Å². The highest BCUT2D eigenvalue weighted by Gasteiger charge is 2.29. The summed E-state index contributed by atoms with van der Waals surface area (Å²) in [6.45, 7) is 8.74. The van der Waals surface area contributed by atoms with Crippen molar-refractivity contribution >= 4 is 0 Å². The first-order chi connectivity index (χ1) is 9.17. The van der Waals surface area contributed by atoms with E-state index in [0.717, 1.165) is 39.0 Å². The third-order valence-corrected chi connectivity index (χ3v) is 4.35. The van der Waals surface area contributed by atoms with E-state index in [4.69, 9.17) is 0 Å².